The zero-order chi connectivity index (χ0) is 11.6. The molecule has 0 aromatic heterocycles. The van der Waals surface area contributed by atoms with E-state index < -0.39 is 0 Å². The topological polar surface area (TPSA) is 29.1 Å². The summed E-state index contributed by atoms with van der Waals surface area (Å²) in [6, 6.07) is 4.06. The van der Waals surface area contributed by atoms with Gasteiger partial charge >= 0.3 is 0 Å². The van der Waals surface area contributed by atoms with Crippen LogP contribution in [0.25, 0.3) is 0 Å². The maximum atomic E-state index is 11.6. The number of benzene rings is 1. The van der Waals surface area contributed by atoms with Crippen molar-refractivity contribution in [1.82, 2.24) is 0 Å². The van der Waals surface area contributed by atoms with Crippen molar-refractivity contribution in [3.8, 4) is 0 Å². The summed E-state index contributed by atoms with van der Waals surface area (Å²) in [5.41, 5.74) is 3.14. The van der Waals surface area contributed by atoms with Crippen LogP contribution in [0, 0.1) is 19.8 Å². The Balaban J connectivity index is 3.00. The molecular weight excluding hydrogens is 254 g/mol. The van der Waals surface area contributed by atoms with Gasteiger partial charge < -0.3 is 5.32 Å². The van der Waals surface area contributed by atoms with Crippen molar-refractivity contribution in [2.24, 2.45) is 5.92 Å². The van der Waals surface area contributed by atoms with E-state index in [-0.39, 0.29) is 11.8 Å². The molecular formula is C12H16BrNO. The molecule has 1 N–H and O–H groups in total. The van der Waals surface area contributed by atoms with Gasteiger partial charge in [-0.2, -0.15) is 0 Å². The number of nitrogens with one attached hydrogen (secondary N) is 1. The molecule has 2 nitrogen and oxygen atoms in total. The molecule has 3 heteroatoms. The van der Waals surface area contributed by atoms with Crippen LogP contribution in [0.4, 0.5) is 5.69 Å². The van der Waals surface area contributed by atoms with Gasteiger partial charge in [-0.05, 0) is 47.0 Å². The number of halogens is 1. The molecule has 1 aromatic rings. The smallest absolute Gasteiger partial charge is 0.226 e. The van der Waals surface area contributed by atoms with Gasteiger partial charge in [0, 0.05) is 10.4 Å². The van der Waals surface area contributed by atoms with Crippen LogP contribution in [-0.2, 0) is 4.79 Å². The van der Waals surface area contributed by atoms with Crippen molar-refractivity contribution in [2.45, 2.75) is 27.7 Å². The van der Waals surface area contributed by atoms with Crippen LogP contribution in [0.5, 0.6) is 0 Å². The fraction of sp³-hybridized carbons (Fsp3) is 0.417. The Morgan fingerprint density at radius 1 is 1.33 bits per heavy atom. The van der Waals surface area contributed by atoms with Crippen LogP contribution in [0.1, 0.15) is 25.0 Å². The summed E-state index contributed by atoms with van der Waals surface area (Å²) >= 11 is 3.46. The van der Waals surface area contributed by atoms with Crippen LogP contribution in [-0.4, -0.2) is 5.91 Å². The molecule has 0 atom stereocenters. The number of aryl methyl sites for hydroxylation is 2. The fourth-order valence-corrected chi connectivity index (χ4v) is 2.11. The highest BCUT2D eigenvalue weighted by molar-refractivity contribution is 9.10. The molecule has 0 saturated carbocycles. The SMILES string of the molecule is Cc1cc(C)c(NC(=O)C(C)C)c(Br)c1. The number of anilines is 1. The number of hydrogen-bond acceptors (Lipinski definition) is 1. The summed E-state index contributed by atoms with van der Waals surface area (Å²) in [6.07, 6.45) is 0. The third-order valence-electron chi connectivity index (χ3n) is 2.20. The van der Waals surface area contributed by atoms with E-state index in [1.807, 2.05) is 33.8 Å². The molecule has 0 aliphatic rings. The molecule has 1 aromatic carbocycles. The zero-order valence-electron chi connectivity index (χ0n) is 9.52. The lowest BCUT2D eigenvalue weighted by Gasteiger charge is -2.13. The van der Waals surface area contributed by atoms with Crippen molar-refractivity contribution in [3.63, 3.8) is 0 Å². The highest BCUT2D eigenvalue weighted by Gasteiger charge is 2.11. The molecule has 0 unspecified atom stereocenters. The number of amides is 1. The molecule has 0 saturated heterocycles. The predicted molar refractivity (Wildman–Crippen MR) is 67.1 cm³/mol. The standard InChI is InChI=1S/C12H16BrNO/c1-7(2)12(15)14-11-9(4)5-8(3)6-10(11)13/h5-7H,1-4H3,(H,14,15). The molecule has 0 fully saturated rings. The van der Waals surface area contributed by atoms with Crippen LogP contribution >= 0.6 is 15.9 Å². The summed E-state index contributed by atoms with van der Waals surface area (Å²) in [6.45, 7) is 7.79. The molecule has 0 aliphatic carbocycles. The van der Waals surface area contributed by atoms with Crippen molar-refractivity contribution >= 4 is 27.5 Å². The second-order valence-electron chi connectivity index (χ2n) is 4.08. The molecule has 1 amide bonds. The minimum atomic E-state index is -0.00222. The van der Waals surface area contributed by atoms with Gasteiger partial charge in [-0.1, -0.05) is 19.9 Å². The molecule has 1 rings (SSSR count). The van der Waals surface area contributed by atoms with E-state index in [0.29, 0.717) is 0 Å². The number of carbonyl (C=O) groups excluding carboxylic acids is 1. The Morgan fingerprint density at radius 3 is 2.40 bits per heavy atom. The quantitative estimate of drug-likeness (QED) is 0.873. The predicted octanol–water partition coefficient (Wildman–Crippen LogP) is 3.66. The Hall–Kier alpha value is -0.830. The van der Waals surface area contributed by atoms with Gasteiger partial charge in [-0.15, -0.1) is 0 Å². The molecule has 0 heterocycles. The van der Waals surface area contributed by atoms with Gasteiger partial charge in [0.25, 0.3) is 0 Å². The lowest BCUT2D eigenvalue weighted by molar-refractivity contribution is -0.118. The summed E-state index contributed by atoms with van der Waals surface area (Å²) in [5, 5.41) is 2.92. The summed E-state index contributed by atoms with van der Waals surface area (Å²) in [5.74, 6) is 0.0419. The summed E-state index contributed by atoms with van der Waals surface area (Å²) < 4.78 is 0.939. The lowest BCUT2D eigenvalue weighted by atomic mass is 10.1. The lowest BCUT2D eigenvalue weighted by Crippen LogP contribution is -2.18. The van der Waals surface area contributed by atoms with E-state index in [0.717, 1.165) is 15.7 Å². The maximum Gasteiger partial charge on any atom is 0.226 e. The fourth-order valence-electron chi connectivity index (χ4n) is 1.34. The van der Waals surface area contributed by atoms with Crippen LogP contribution in [0.15, 0.2) is 16.6 Å². The van der Waals surface area contributed by atoms with Gasteiger partial charge in [0.1, 0.15) is 0 Å². The average molecular weight is 270 g/mol. The number of hydrogen-bond donors (Lipinski definition) is 1. The molecule has 0 spiro atoms. The molecule has 0 bridgehead atoms. The Morgan fingerprint density at radius 2 is 1.93 bits per heavy atom. The maximum absolute atomic E-state index is 11.6. The van der Waals surface area contributed by atoms with Crippen LogP contribution in [0.3, 0.4) is 0 Å². The Kier molecular flexibility index (Phi) is 3.91. The first-order chi connectivity index (χ1) is 6.91. The molecule has 0 aliphatic heterocycles. The third-order valence-corrected chi connectivity index (χ3v) is 2.83. The third kappa shape index (κ3) is 3.06. The monoisotopic (exact) mass is 269 g/mol. The van der Waals surface area contributed by atoms with Crippen LogP contribution < -0.4 is 5.32 Å². The largest absolute Gasteiger partial charge is 0.325 e. The van der Waals surface area contributed by atoms with Crippen LogP contribution in [0.2, 0.25) is 0 Å². The highest BCUT2D eigenvalue weighted by atomic mass is 79.9. The van der Waals surface area contributed by atoms with Gasteiger partial charge in [0.15, 0.2) is 0 Å². The van der Waals surface area contributed by atoms with E-state index >= 15 is 0 Å². The summed E-state index contributed by atoms with van der Waals surface area (Å²) in [4.78, 5) is 11.6. The highest BCUT2D eigenvalue weighted by Crippen LogP contribution is 2.28. The van der Waals surface area contributed by atoms with Crippen molar-refractivity contribution < 1.29 is 4.79 Å². The Bertz CT molecular complexity index is 362. The van der Waals surface area contributed by atoms with Gasteiger partial charge in [-0.25, -0.2) is 0 Å². The minimum Gasteiger partial charge on any atom is -0.325 e. The van der Waals surface area contributed by atoms with E-state index in [4.69, 9.17) is 0 Å². The number of carbonyl (C=O) groups is 1. The molecule has 82 valence electrons. The zero-order valence-corrected chi connectivity index (χ0v) is 11.1. The van der Waals surface area contributed by atoms with Gasteiger partial charge in [0.2, 0.25) is 5.91 Å². The van der Waals surface area contributed by atoms with Crippen molar-refractivity contribution in [3.05, 3.63) is 27.7 Å². The second-order valence-corrected chi connectivity index (χ2v) is 4.94. The normalized spacial score (nSPS) is 10.5. The van der Waals surface area contributed by atoms with E-state index in [2.05, 4.69) is 27.3 Å². The van der Waals surface area contributed by atoms with Crippen molar-refractivity contribution in [2.75, 3.05) is 5.32 Å². The average Bonchev–Trinajstić information content (AvgIpc) is 2.10. The van der Waals surface area contributed by atoms with E-state index in [1.165, 1.54) is 5.56 Å². The van der Waals surface area contributed by atoms with Crippen molar-refractivity contribution in [1.29, 1.82) is 0 Å². The molecule has 0 radical (unpaired) electrons. The molecule has 15 heavy (non-hydrogen) atoms. The van der Waals surface area contributed by atoms with Gasteiger partial charge in [-0.3, -0.25) is 4.79 Å². The first-order valence-electron chi connectivity index (χ1n) is 4.99. The number of rotatable bonds is 2. The first-order valence-corrected chi connectivity index (χ1v) is 5.78. The van der Waals surface area contributed by atoms with E-state index in [9.17, 15) is 4.79 Å². The summed E-state index contributed by atoms with van der Waals surface area (Å²) in [7, 11) is 0. The minimum absolute atomic E-state index is 0.00222. The first kappa shape index (κ1) is 12.2. The Labute approximate surface area is 99.2 Å². The second kappa shape index (κ2) is 4.79. The van der Waals surface area contributed by atoms with Gasteiger partial charge in [0.05, 0.1) is 5.69 Å². The van der Waals surface area contributed by atoms with E-state index in [1.54, 1.807) is 0 Å².